The van der Waals surface area contributed by atoms with Crippen molar-refractivity contribution in [3.8, 4) is 6.07 Å². The van der Waals surface area contributed by atoms with Crippen LogP contribution in [0.4, 0.5) is 0 Å². The molecule has 1 unspecified atom stereocenters. The van der Waals surface area contributed by atoms with Gasteiger partial charge in [0.25, 0.3) is 0 Å². The SMILES string of the molecule is CCCCN(CCCC)C(=O)C(C#N)c1ccccc1. The van der Waals surface area contributed by atoms with E-state index >= 15 is 0 Å². The van der Waals surface area contributed by atoms with Gasteiger partial charge < -0.3 is 4.90 Å². The van der Waals surface area contributed by atoms with Crippen molar-refractivity contribution in [2.45, 2.75) is 45.4 Å². The minimum Gasteiger partial charge on any atom is -0.341 e. The van der Waals surface area contributed by atoms with Crippen molar-refractivity contribution in [3.63, 3.8) is 0 Å². The van der Waals surface area contributed by atoms with Gasteiger partial charge in [-0.05, 0) is 18.4 Å². The molecule has 0 aliphatic rings. The summed E-state index contributed by atoms with van der Waals surface area (Å²) in [6.45, 7) is 5.73. The highest BCUT2D eigenvalue weighted by Gasteiger charge is 2.24. The van der Waals surface area contributed by atoms with Crippen LogP contribution in [0.1, 0.15) is 51.0 Å². The Morgan fingerprint density at radius 3 is 2.15 bits per heavy atom. The van der Waals surface area contributed by atoms with Crippen LogP contribution in [0.15, 0.2) is 30.3 Å². The van der Waals surface area contributed by atoms with E-state index in [0.29, 0.717) is 0 Å². The largest absolute Gasteiger partial charge is 0.341 e. The summed E-state index contributed by atoms with van der Waals surface area (Å²) in [5.74, 6) is -0.731. The maximum Gasteiger partial charge on any atom is 0.244 e. The van der Waals surface area contributed by atoms with Crippen LogP contribution >= 0.6 is 0 Å². The number of nitriles is 1. The molecule has 0 spiro atoms. The van der Waals surface area contributed by atoms with Crippen molar-refractivity contribution in [3.05, 3.63) is 35.9 Å². The summed E-state index contributed by atoms with van der Waals surface area (Å²) < 4.78 is 0. The van der Waals surface area contributed by atoms with E-state index in [2.05, 4.69) is 19.9 Å². The molecule has 1 aromatic rings. The molecule has 1 rings (SSSR count). The number of carbonyl (C=O) groups is 1. The molecule has 0 aromatic heterocycles. The number of amides is 1. The third-order valence-corrected chi connectivity index (χ3v) is 3.38. The maximum absolute atomic E-state index is 12.6. The number of hydrogen-bond acceptors (Lipinski definition) is 2. The molecule has 0 bridgehead atoms. The second kappa shape index (κ2) is 9.14. The lowest BCUT2D eigenvalue weighted by atomic mass is 9.99. The molecule has 0 fully saturated rings. The van der Waals surface area contributed by atoms with Crippen LogP contribution < -0.4 is 0 Å². The van der Waals surface area contributed by atoms with Crippen molar-refractivity contribution in [1.82, 2.24) is 4.90 Å². The number of nitrogens with zero attached hydrogens (tertiary/aromatic N) is 2. The molecule has 1 atom stereocenters. The fourth-order valence-electron chi connectivity index (χ4n) is 2.13. The lowest BCUT2D eigenvalue weighted by Crippen LogP contribution is -2.36. The van der Waals surface area contributed by atoms with Gasteiger partial charge in [0.05, 0.1) is 6.07 Å². The van der Waals surface area contributed by atoms with E-state index in [0.717, 1.165) is 44.3 Å². The van der Waals surface area contributed by atoms with Gasteiger partial charge in [0, 0.05) is 13.1 Å². The second-order valence-electron chi connectivity index (χ2n) is 5.01. The standard InChI is InChI=1S/C17H24N2O/c1-3-5-12-19(13-6-4-2)17(20)16(14-18)15-10-8-7-9-11-15/h7-11,16H,3-6,12-13H2,1-2H3. The summed E-state index contributed by atoms with van der Waals surface area (Å²) >= 11 is 0. The van der Waals surface area contributed by atoms with Gasteiger partial charge in [-0.2, -0.15) is 5.26 Å². The van der Waals surface area contributed by atoms with Gasteiger partial charge in [-0.15, -0.1) is 0 Å². The number of carbonyl (C=O) groups excluding carboxylic acids is 1. The van der Waals surface area contributed by atoms with Crippen LogP contribution in [0.25, 0.3) is 0 Å². The van der Waals surface area contributed by atoms with Crippen LogP contribution in [0.2, 0.25) is 0 Å². The Bertz CT molecular complexity index is 428. The third kappa shape index (κ3) is 4.70. The highest BCUT2D eigenvalue weighted by Crippen LogP contribution is 2.18. The predicted molar refractivity (Wildman–Crippen MR) is 81.2 cm³/mol. The predicted octanol–water partition coefficient (Wildman–Crippen LogP) is 3.72. The van der Waals surface area contributed by atoms with Crippen LogP contribution in [0, 0.1) is 11.3 Å². The molecule has 0 radical (unpaired) electrons. The van der Waals surface area contributed by atoms with E-state index in [1.54, 1.807) is 0 Å². The van der Waals surface area contributed by atoms with E-state index in [9.17, 15) is 10.1 Å². The average Bonchev–Trinajstić information content (AvgIpc) is 2.49. The first kappa shape index (κ1) is 16.2. The van der Waals surface area contributed by atoms with Gasteiger partial charge in [-0.3, -0.25) is 4.79 Å². The Labute approximate surface area is 122 Å². The Hall–Kier alpha value is -1.82. The topological polar surface area (TPSA) is 44.1 Å². The monoisotopic (exact) mass is 272 g/mol. The normalized spacial score (nSPS) is 11.7. The molecule has 1 amide bonds. The van der Waals surface area contributed by atoms with Crippen LogP contribution in [0.5, 0.6) is 0 Å². The Balaban J connectivity index is 2.82. The Morgan fingerprint density at radius 1 is 1.15 bits per heavy atom. The van der Waals surface area contributed by atoms with Gasteiger partial charge in [0.15, 0.2) is 0 Å². The van der Waals surface area contributed by atoms with Gasteiger partial charge in [0.2, 0.25) is 5.91 Å². The molecule has 0 aliphatic heterocycles. The highest BCUT2D eigenvalue weighted by atomic mass is 16.2. The molecule has 20 heavy (non-hydrogen) atoms. The summed E-state index contributed by atoms with van der Waals surface area (Å²) in [6.07, 6.45) is 4.09. The van der Waals surface area contributed by atoms with Crippen LogP contribution in [-0.2, 0) is 4.79 Å². The zero-order valence-electron chi connectivity index (χ0n) is 12.5. The zero-order valence-corrected chi connectivity index (χ0v) is 12.5. The summed E-state index contributed by atoms with van der Waals surface area (Å²) in [6, 6.07) is 11.5. The molecule has 0 heterocycles. The van der Waals surface area contributed by atoms with Crippen molar-refractivity contribution in [1.29, 1.82) is 5.26 Å². The van der Waals surface area contributed by atoms with E-state index in [1.165, 1.54) is 0 Å². The number of unbranched alkanes of at least 4 members (excludes halogenated alkanes) is 2. The maximum atomic E-state index is 12.6. The molecule has 108 valence electrons. The molecule has 0 saturated carbocycles. The van der Waals surface area contributed by atoms with E-state index < -0.39 is 5.92 Å². The lowest BCUT2D eigenvalue weighted by molar-refractivity contribution is -0.131. The number of rotatable bonds is 8. The molecule has 3 heteroatoms. The van der Waals surface area contributed by atoms with Crippen molar-refractivity contribution in [2.75, 3.05) is 13.1 Å². The molecule has 1 aromatic carbocycles. The van der Waals surface area contributed by atoms with Crippen LogP contribution in [0.3, 0.4) is 0 Å². The van der Waals surface area contributed by atoms with E-state index in [4.69, 9.17) is 0 Å². The number of benzene rings is 1. The second-order valence-corrected chi connectivity index (χ2v) is 5.01. The minimum atomic E-state index is -0.676. The first-order valence-electron chi connectivity index (χ1n) is 7.47. The average molecular weight is 272 g/mol. The van der Waals surface area contributed by atoms with Gasteiger partial charge in [-0.25, -0.2) is 0 Å². The van der Waals surface area contributed by atoms with Gasteiger partial charge in [-0.1, -0.05) is 57.0 Å². The zero-order chi connectivity index (χ0) is 14.8. The summed E-state index contributed by atoms with van der Waals surface area (Å²) in [4.78, 5) is 14.4. The number of hydrogen-bond donors (Lipinski definition) is 0. The van der Waals surface area contributed by atoms with Crippen molar-refractivity contribution >= 4 is 5.91 Å². The molecular formula is C17H24N2O. The summed E-state index contributed by atoms with van der Waals surface area (Å²) in [5.41, 5.74) is 0.790. The van der Waals surface area contributed by atoms with Crippen LogP contribution in [-0.4, -0.2) is 23.9 Å². The smallest absolute Gasteiger partial charge is 0.244 e. The van der Waals surface area contributed by atoms with E-state index in [-0.39, 0.29) is 5.91 Å². The molecule has 3 nitrogen and oxygen atoms in total. The van der Waals surface area contributed by atoms with Crippen molar-refractivity contribution in [2.24, 2.45) is 0 Å². The minimum absolute atomic E-state index is 0.0550. The Kier molecular flexibility index (Phi) is 7.42. The first-order valence-corrected chi connectivity index (χ1v) is 7.47. The molecule has 0 saturated heterocycles. The fourth-order valence-corrected chi connectivity index (χ4v) is 2.13. The molecular weight excluding hydrogens is 248 g/mol. The van der Waals surface area contributed by atoms with Gasteiger partial charge in [0.1, 0.15) is 5.92 Å². The highest BCUT2D eigenvalue weighted by molar-refractivity contribution is 5.86. The van der Waals surface area contributed by atoms with Crippen molar-refractivity contribution < 1.29 is 4.79 Å². The summed E-state index contributed by atoms with van der Waals surface area (Å²) in [5, 5.41) is 9.35. The Morgan fingerprint density at radius 2 is 1.70 bits per heavy atom. The summed E-state index contributed by atoms with van der Waals surface area (Å²) in [7, 11) is 0. The molecule has 0 N–H and O–H groups in total. The third-order valence-electron chi connectivity index (χ3n) is 3.38. The first-order chi connectivity index (χ1) is 9.74. The quantitative estimate of drug-likeness (QED) is 0.724. The van der Waals surface area contributed by atoms with Gasteiger partial charge >= 0.3 is 0 Å². The fraction of sp³-hybridized carbons (Fsp3) is 0.529. The molecule has 0 aliphatic carbocycles. The lowest BCUT2D eigenvalue weighted by Gasteiger charge is -2.24. The van der Waals surface area contributed by atoms with E-state index in [1.807, 2.05) is 35.2 Å².